The van der Waals surface area contributed by atoms with Gasteiger partial charge in [-0.1, -0.05) is 6.92 Å². The SMILES string of the molecule is CC[C@]1(O)CC[C@@]2(CCN(c3ccc(O[C@H](C)C(F)(F)F)nc3)C2=O)CC1. The minimum absolute atomic E-state index is 0.0137. The summed E-state index contributed by atoms with van der Waals surface area (Å²) in [5.41, 5.74) is -0.559. The molecule has 2 heterocycles. The Hall–Kier alpha value is -1.83. The van der Waals surface area contributed by atoms with Crippen LogP contribution >= 0.6 is 0 Å². The number of alkyl halides is 3. The fourth-order valence-electron chi connectivity index (χ4n) is 3.93. The van der Waals surface area contributed by atoms with Crippen molar-refractivity contribution in [3.05, 3.63) is 18.3 Å². The molecule has 0 radical (unpaired) electrons. The lowest BCUT2D eigenvalue weighted by molar-refractivity contribution is -0.189. The zero-order valence-electron chi connectivity index (χ0n) is 15.6. The molecule has 1 saturated carbocycles. The second kappa shape index (κ2) is 6.96. The highest BCUT2D eigenvalue weighted by atomic mass is 19.4. The van der Waals surface area contributed by atoms with Crippen molar-refractivity contribution in [2.75, 3.05) is 11.4 Å². The van der Waals surface area contributed by atoms with Crippen LogP contribution in [0.2, 0.25) is 0 Å². The van der Waals surface area contributed by atoms with Gasteiger partial charge in [-0.3, -0.25) is 4.79 Å². The highest BCUT2D eigenvalue weighted by Crippen LogP contribution is 2.49. The van der Waals surface area contributed by atoms with E-state index in [9.17, 15) is 23.1 Å². The number of hydrogen-bond donors (Lipinski definition) is 1. The predicted molar refractivity (Wildman–Crippen MR) is 93.5 cm³/mol. The molecule has 1 saturated heterocycles. The lowest BCUT2D eigenvalue weighted by atomic mass is 9.67. The van der Waals surface area contributed by atoms with Gasteiger partial charge in [0.2, 0.25) is 11.8 Å². The summed E-state index contributed by atoms with van der Waals surface area (Å²) in [6, 6.07) is 2.92. The number of amides is 1. The summed E-state index contributed by atoms with van der Waals surface area (Å²) < 4.78 is 42.5. The standard InChI is InChI=1S/C19H25F3N2O3/c1-3-18(26)8-6-17(7-9-18)10-11-24(16(17)25)14-4-5-15(23-12-14)27-13(2)19(20,21)22/h4-5,12-13,26H,3,6-11H2,1-2H3/t13-,17-,18-/m1/s1. The summed E-state index contributed by atoms with van der Waals surface area (Å²) in [5, 5.41) is 10.4. The average molecular weight is 386 g/mol. The van der Waals surface area contributed by atoms with Crippen molar-refractivity contribution in [1.29, 1.82) is 0 Å². The molecule has 150 valence electrons. The first-order valence-corrected chi connectivity index (χ1v) is 9.32. The molecule has 1 N–H and O–H groups in total. The largest absolute Gasteiger partial charge is 0.465 e. The number of carbonyl (C=O) groups excluding carboxylic acids is 1. The summed E-state index contributed by atoms with van der Waals surface area (Å²) in [5.74, 6) is -0.115. The van der Waals surface area contributed by atoms with Crippen LogP contribution in [0.5, 0.6) is 5.88 Å². The van der Waals surface area contributed by atoms with Crippen LogP contribution in [0.15, 0.2) is 18.3 Å². The van der Waals surface area contributed by atoms with E-state index in [0.29, 0.717) is 44.3 Å². The van der Waals surface area contributed by atoms with E-state index in [2.05, 4.69) is 4.98 Å². The predicted octanol–water partition coefficient (Wildman–Crippen LogP) is 3.85. The van der Waals surface area contributed by atoms with Crippen molar-refractivity contribution < 1.29 is 27.8 Å². The number of aliphatic hydroxyl groups is 1. The molecular weight excluding hydrogens is 361 g/mol. The van der Waals surface area contributed by atoms with Gasteiger partial charge in [0.1, 0.15) is 0 Å². The molecule has 3 rings (SSSR count). The maximum Gasteiger partial charge on any atom is 0.425 e. The molecule has 5 nitrogen and oxygen atoms in total. The van der Waals surface area contributed by atoms with Crippen molar-refractivity contribution in [3.8, 4) is 5.88 Å². The Morgan fingerprint density at radius 3 is 2.44 bits per heavy atom. The van der Waals surface area contributed by atoms with Crippen molar-refractivity contribution in [2.45, 2.75) is 70.3 Å². The minimum atomic E-state index is -4.46. The van der Waals surface area contributed by atoms with Crippen LogP contribution in [-0.4, -0.2) is 40.4 Å². The van der Waals surface area contributed by atoms with Gasteiger partial charge in [0.25, 0.3) is 0 Å². The van der Waals surface area contributed by atoms with Crippen LogP contribution in [-0.2, 0) is 4.79 Å². The van der Waals surface area contributed by atoms with Crippen LogP contribution in [0.1, 0.15) is 52.4 Å². The van der Waals surface area contributed by atoms with Crippen molar-refractivity contribution in [2.24, 2.45) is 5.41 Å². The molecule has 1 amide bonds. The number of nitrogens with zero attached hydrogens (tertiary/aromatic N) is 2. The molecule has 1 aromatic heterocycles. The Morgan fingerprint density at radius 1 is 1.26 bits per heavy atom. The van der Waals surface area contributed by atoms with Gasteiger partial charge in [-0.05, 0) is 51.5 Å². The zero-order chi connectivity index (χ0) is 19.9. The van der Waals surface area contributed by atoms with E-state index in [4.69, 9.17) is 4.74 Å². The second-order valence-electron chi connectivity index (χ2n) is 7.72. The normalized spacial score (nSPS) is 30.0. The molecule has 0 unspecified atom stereocenters. The number of pyridine rings is 1. The van der Waals surface area contributed by atoms with Gasteiger partial charge in [0.15, 0.2) is 6.10 Å². The highest BCUT2D eigenvalue weighted by molar-refractivity contribution is 5.99. The summed E-state index contributed by atoms with van der Waals surface area (Å²) in [6.45, 7) is 3.42. The van der Waals surface area contributed by atoms with Crippen LogP contribution < -0.4 is 9.64 Å². The number of halogens is 3. The molecule has 1 aliphatic carbocycles. The molecule has 27 heavy (non-hydrogen) atoms. The smallest absolute Gasteiger partial charge is 0.425 e. The molecule has 2 aliphatic rings. The number of anilines is 1. The zero-order valence-corrected chi connectivity index (χ0v) is 15.6. The van der Waals surface area contributed by atoms with E-state index in [0.717, 1.165) is 13.3 Å². The lowest BCUT2D eigenvalue weighted by Gasteiger charge is -2.40. The summed E-state index contributed by atoms with van der Waals surface area (Å²) in [7, 11) is 0. The third kappa shape index (κ3) is 3.90. The fourth-order valence-corrected chi connectivity index (χ4v) is 3.93. The summed E-state index contributed by atoms with van der Waals surface area (Å²) in [4.78, 5) is 18.6. The van der Waals surface area contributed by atoms with Gasteiger partial charge in [-0.15, -0.1) is 0 Å². The number of rotatable bonds is 4. The Labute approximate surface area is 156 Å². The Balaban J connectivity index is 1.67. The molecule has 1 atom stereocenters. The number of ether oxygens (including phenoxy) is 1. The molecular formula is C19H25F3N2O3. The van der Waals surface area contributed by atoms with E-state index < -0.39 is 23.3 Å². The molecule has 8 heteroatoms. The first kappa shape index (κ1) is 19.9. The van der Waals surface area contributed by atoms with Crippen LogP contribution in [0.25, 0.3) is 0 Å². The van der Waals surface area contributed by atoms with E-state index in [1.165, 1.54) is 12.3 Å². The Morgan fingerprint density at radius 2 is 1.93 bits per heavy atom. The monoisotopic (exact) mass is 386 g/mol. The van der Waals surface area contributed by atoms with Crippen molar-refractivity contribution in [3.63, 3.8) is 0 Å². The minimum Gasteiger partial charge on any atom is -0.465 e. The van der Waals surface area contributed by atoms with Crippen LogP contribution in [0.4, 0.5) is 18.9 Å². The van der Waals surface area contributed by atoms with E-state index in [1.807, 2.05) is 6.92 Å². The van der Waals surface area contributed by atoms with Gasteiger partial charge in [0, 0.05) is 12.6 Å². The fraction of sp³-hybridized carbons (Fsp3) is 0.684. The van der Waals surface area contributed by atoms with Gasteiger partial charge in [-0.2, -0.15) is 13.2 Å². The molecule has 2 fully saturated rings. The third-order valence-corrected chi connectivity index (χ3v) is 6.10. The molecule has 1 aromatic rings. The van der Waals surface area contributed by atoms with Crippen molar-refractivity contribution >= 4 is 11.6 Å². The van der Waals surface area contributed by atoms with Gasteiger partial charge >= 0.3 is 6.18 Å². The first-order chi connectivity index (χ1) is 12.6. The average Bonchev–Trinajstić information content (AvgIpc) is 2.94. The molecule has 1 aliphatic heterocycles. The second-order valence-corrected chi connectivity index (χ2v) is 7.72. The third-order valence-electron chi connectivity index (χ3n) is 6.10. The molecule has 0 bridgehead atoms. The van der Waals surface area contributed by atoms with E-state index >= 15 is 0 Å². The summed E-state index contributed by atoms with van der Waals surface area (Å²) in [6.07, 6.45) is -1.09. The molecule has 0 aromatic carbocycles. The topological polar surface area (TPSA) is 62.7 Å². The summed E-state index contributed by atoms with van der Waals surface area (Å²) >= 11 is 0. The maximum absolute atomic E-state index is 13.0. The lowest BCUT2D eigenvalue weighted by Crippen LogP contribution is -2.43. The Kier molecular flexibility index (Phi) is 5.14. The van der Waals surface area contributed by atoms with Gasteiger partial charge in [-0.25, -0.2) is 4.98 Å². The molecule has 1 spiro atoms. The Bertz CT molecular complexity index is 682. The number of aromatic nitrogens is 1. The van der Waals surface area contributed by atoms with Gasteiger partial charge in [0.05, 0.1) is 22.9 Å². The highest BCUT2D eigenvalue weighted by Gasteiger charge is 2.51. The number of hydrogen-bond acceptors (Lipinski definition) is 4. The number of carbonyl (C=O) groups is 1. The van der Waals surface area contributed by atoms with Crippen LogP contribution in [0, 0.1) is 5.41 Å². The quantitative estimate of drug-likeness (QED) is 0.854. The van der Waals surface area contributed by atoms with Crippen molar-refractivity contribution in [1.82, 2.24) is 4.98 Å². The maximum atomic E-state index is 13.0. The van der Waals surface area contributed by atoms with Crippen LogP contribution in [0.3, 0.4) is 0 Å². The van der Waals surface area contributed by atoms with Gasteiger partial charge < -0.3 is 14.7 Å². The van der Waals surface area contributed by atoms with E-state index in [-0.39, 0.29) is 11.8 Å². The van der Waals surface area contributed by atoms with E-state index in [1.54, 1.807) is 11.0 Å². The first-order valence-electron chi connectivity index (χ1n) is 9.32.